The van der Waals surface area contributed by atoms with Gasteiger partial charge in [0.05, 0.1) is 19.3 Å². The van der Waals surface area contributed by atoms with E-state index in [0.717, 1.165) is 11.3 Å². The summed E-state index contributed by atoms with van der Waals surface area (Å²) in [5.41, 5.74) is 1.28. The lowest BCUT2D eigenvalue weighted by molar-refractivity contribution is 0.206. The van der Waals surface area contributed by atoms with Crippen LogP contribution in [-0.2, 0) is 5.54 Å². The number of hydrogen-bond acceptors (Lipinski definition) is 3. The second kappa shape index (κ2) is 4.66. The number of benzene rings is 2. The molecule has 22 heavy (non-hydrogen) atoms. The molecule has 2 amide bonds. The average molecular weight is 296 g/mol. The quantitative estimate of drug-likeness (QED) is 0.926. The highest BCUT2D eigenvalue weighted by atomic mass is 16.5. The van der Waals surface area contributed by atoms with E-state index < -0.39 is 5.54 Å². The molecule has 2 aliphatic heterocycles. The third-order valence-corrected chi connectivity index (χ3v) is 4.35. The number of hydrogen-bond donors (Lipinski definition) is 1. The third kappa shape index (κ3) is 1.68. The van der Waals surface area contributed by atoms with Crippen molar-refractivity contribution in [3.8, 4) is 11.5 Å². The van der Waals surface area contributed by atoms with Crippen molar-refractivity contribution in [2.75, 3.05) is 25.2 Å². The van der Waals surface area contributed by atoms with Crippen molar-refractivity contribution >= 4 is 11.7 Å². The van der Waals surface area contributed by atoms with Gasteiger partial charge in [-0.1, -0.05) is 30.3 Å². The molecule has 1 atom stereocenters. The van der Waals surface area contributed by atoms with Gasteiger partial charge in [0, 0.05) is 6.07 Å². The highest BCUT2D eigenvalue weighted by molar-refractivity contribution is 5.98. The molecule has 2 aliphatic rings. The molecule has 1 N–H and O–H groups in total. The van der Waals surface area contributed by atoms with Crippen LogP contribution in [0, 0.1) is 0 Å². The van der Waals surface area contributed by atoms with Gasteiger partial charge in [0.1, 0.15) is 23.6 Å². The van der Waals surface area contributed by atoms with Crippen LogP contribution in [0.2, 0.25) is 0 Å². The standard InChI is InChI=1S/C17H16N2O3/c1-21-13-7-8-15-14(9-13)19-16(20)18-10-17(19,11-22-15)12-5-3-2-4-6-12/h2-9H,10-11H2,1H3,(H,18,20). The second-order valence-electron chi connectivity index (χ2n) is 5.51. The Labute approximate surface area is 128 Å². The molecule has 5 nitrogen and oxygen atoms in total. The number of rotatable bonds is 2. The predicted octanol–water partition coefficient (Wildman–Crippen LogP) is 2.51. The first-order chi connectivity index (χ1) is 10.7. The molecule has 0 aromatic heterocycles. The molecule has 2 heterocycles. The number of carbonyl (C=O) groups excluding carboxylic acids is 1. The van der Waals surface area contributed by atoms with Crippen molar-refractivity contribution in [2.24, 2.45) is 0 Å². The van der Waals surface area contributed by atoms with Crippen LogP contribution >= 0.6 is 0 Å². The number of urea groups is 1. The van der Waals surface area contributed by atoms with Gasteiger partial charge in [0.15, 0.2) is 0 Å². The Balaban J connectivity index is 1.89. The second-order valence-corrected chi connectivity index (χ2v) is 5.51. The number of nitrogens with zero attached hydrogens (tertiary/aromatic N) is 1. The summed E-state index contributed by atoms with van der Waals surface area (Å²) in [5, 5.41) is 2.95. The van der Waals surface area contributed by atoms with Gasteiger partial charge >= 0.3 is 6.03 Å². The summed E-state index contributed by atoms with van der Waals surface area (Å²) in [6, 6.07) is 15.4. The Hall–Kier alpha value is -2.69. The molecule has 0 bridgehead atoms. The molecule has 2 aromatic carbocycles. The van der Waals surface area contributed by atoms with Gasteiger partial charge < -0.3 is 14.8 Å². The molecule has 1 saturated heterocycles. The molecular weight excluding hydrogens is 280 g/mol. The molecule has 1 unspecified atom stereocenters. The van der Waals surface area contributed by atoms with E-state index >= 15 is 0 Å². The molecule has 0 radical (unpaired) electrons. The van der Waals surface area contributed by atoms with E-state index in [1.165, 1.54) is 0 Å². The maximum atomic E-state index is 12.5. The van der Waals surface area contributed by atoms with Crippen molar-refractivity contribution in [2.45, 2.75) is 5.54 Å². The summed E-state index contributed by atoms with van der Waals surface area (Å²) in [4.78, 5) is 14.3. The van der Waals surface area contributed by atoms with Gasteiger partial charge in [-0.25, -0.2) is 4.79 Å². The summed E-state index contributed by atoms with van der Waals surface area (Å²) in [6.07, 6.45) is 0. The van der Waals surface area contributed by atoms with Crippen LogP contribution in [-0.4, -0.2) is 26.3 Å². The number of carbonyl (C=O) groups is 1. The summed E-state index contributed by atoms with van der Waals surface area (Å²) in [7, 11) is 1.61. The Morgan fingerprint density at radius 2 is 2.05 bits per heavy atom. The van der Waals surface area contributed by atoms with E-state index in [1.807, 2.05) is 48.5 Å². The lowest BCUT2D eigenvalue weighted by atomic mass is 9.88. The van der Waals surface area contributed by atoms with Crippen molar-refractivity contribution in [1.29, 1.82) is 0 Å². The van der Waals surface area contributed by atoms with Gasteiger partial charge in [-0.15, -0.1) is 0 Å². The van der Waals surface area contributed by atoms with Gasteiger partial charge in [-0.2, -0.15) is 0 Å². The Morgan fingerprint density at radius 1 is 1.23 bits per heavy atom. The van der Waals surface area contributed by atoms with Crippen molar-refractivity contribution in [3.63, 3.8) is 0 Å². The number of methoxy groups -OCH3 is 1. The highest BCUT2D eigenvalue weighted by Gasteiger charge is 2.51. The molecule has 0 aliphatic carbocycles. The van der Waals surface area contributed by atoms with Crippen LogP contribution in [0.25, 0.3) is 0 Å². The van der Waals surface area contributed by atoms with Gasteiger partial charge in [0.25, 0.3) is 0 Å². The fourth-order valence-corrected chi connectivity index (χ4v) is 3.21. The maximum absolute atomic E-state index is 12.5. The van der Waals surface area contributed by atoms with E-state index in [9.17, 15) is 4.79 Å². The minimum absolute atomic E-state index is 0.110. The van der Waals surface area contributed by atoms with Crippen molar-refractivity contribution in [1.82, 2.24) is 5.32 Å². The fourth-order valence-electron chi connectivity index (χ4n) is 3.21. The average Bonchev–Trinajstić information content (AvgIpc) is 2.94. The normalized spacial score (nSPS) is 22.4. The summed E-state index contributed by atoms with van der Waals surface area (Å²) >= 11 is 0. The molecule has 112 valence electrons. The molecule has 2 aromatic rings. The molecule has 1 fully saturated rings. The van der Waals surface area contributed by atoms with Crippen LogP contribution in [0.4, 0.5) is 10.5 Å². The van der Waals surface area contributed by atoms with Crippen LogP contribution in [0.1, 0.15) is 5.56 Å². The van der Waals surface area contributed by atoms with E-state index in [-0.39, 0.29) is 6.03 Å². The minimum atomic E-state index is -0.516. The zero-order valence-electron chi connectivity index (χ0n) is 12.2. The van der Waals surface area contributed by atoms with Gasteiger partial charge in [-0.05, 0) is 17.7 Å². The predicted molar refractivity (Wildman–Crippen MR) is 82.5 cm³/mol. The lowest BCUT2D eigenvalue weighted by Gasteiger charge is -2.41. The molecule has 5 heteroatoms. The topological polar surface area (TPSA) is 50.8 Å². The van der Waals surface area contributed by atoms with E-state index in [0.29, 0.717) is 24.7 Å². The Kier molecular flexibility index (Phi) is 2.76. The first-order valence-corrected chi connectivity index (χ1v) is 7.19. The molecule has 4 rings (SSSR count). The van der Waals surface area contributed by atoms with E-state index in [1.54, 1.807) is 12.0 Å². The highest BCUT2D eigenvalue weighted by Crippen LogP contribution is 2.46. The van der Waals surface area contributed by atoms with E-state index in [4.69, 9.17) is 9.47 Å². The molecular formula is C17H16N2O3. The van der Waals surface area contributed by atoms with Crippen LogP contribution in [0.15, 0.2) is 48.5 Å². The third-order valence-electron chi connectivity index (χ3n) is 4.35. The van der Waals surface area contributed by atoms with Crippen molar-refractivity contribution < 1.29 is 14.3 Å². The number of fused-ring (bicyclic) bond motifs is 3. The van der Waals surface area contributed by atoms with Crippen LogP contribution in [0.5, 0.6) is 11.5 Å². The largest absolute Gasteiger partial charge is 0.497 e. The SMILES string of the molecule is COc1ccc2c(c1)N1C(=O)NCC1(c1ccccc1)CO2. The number of nitrogens with one attached hydrogen (secondary N) is 1. The maximum Gasteiger partial charge on any atom is 0.323 e. The molecule has 0 spiro atoms. The smallest absolute Gasteiger partial charge is 0.323 e. The minimum Gasteiger partial charge on any atom is -0.497 e. The lowest BCUT2D eigenvalue weighted by Crippen LogP contribution is -2.51. The Bertz CT molecular complexity index is 732. The summed E-state index contributed by atoms with van der Waals surface area (Å²) in [5.74, 6) is 1.40. The fraction of sp³-hybridized carbons (Fsp3) is 0.235. The zero-order chi connectivity index (χ0) is 15.2. The first kappa shape index (κ1) is 13.0. The Morgan fingerprint density at radius 3 is 2.82 bits per heavy atom. The summed E-state index contributed by atoms with van der Waals surface area (Å²) in [6.45, 7) is 0.946. The van der Waals surface area contributed by atoms with Gasteiger partial charge in [-0.3, -0.25) is 4.90 Å². The first-order valence-electron chi connectivity index (χ1n) is 7.19. The van der Waals surface area contributed by atoms with Gasteiger partial charge in [0.2, 0.25) is 0 Å². The number of anilines is 1. The summed E-state index contributed by atoms with van der Waals surface area (Å²) < 4.78 is 11.2. The molecule has 0 saturated carbocycles. The number of amides is 2. The number of ether oxygens (including phenoxy) is 2. The van der Waals surface area contributed by atoms with Crippen LogP contribution < -0.4 is 19.7 Å². The monoisotopic (exact) mass is 296 g/mol. The van der Waals surface area contributed by atoms with E-state index in [2.05, 4.69) is 5.32 Å². The van der Waals surface area contributed by atoms with Crippen molar-refractivity contribution in [3.05, 3.63) is 54.1 Å². The zero-order valence-corrected chi connectivity index (χ0v) is 12.2. The van der Waals surface area contributed by atoms with Crippen LogP contribution in [0.3, 0.4) is 0 Å².